The number of hydrogen-bond acceptors (Lipinski definition) is 5. The second-order valence-electron chi connectivity index (χ2n) is 5.09. The monoisotopic (exact) mass is 223 g/mol. The smallest absolute Gasteiger partial charge is 0.252 e. The Morgan fingerprint density at radius 3 is 2.94 bits per heavy atom. The Morgan fingerprint density at radius 2 is 2.31 bits per heavy atom. The van der Waals surface area contributed by atoms with Gasteiger partial charge in [0, 0.05) is 19.5 Å². The quantitative estimate of drug-likeness (QED) is 0.803. The van der Waals surface area contributed by atoms with Crippen LogP contribution in [-0.4, -0.2) is 28.8 Å². The summed E-state index contributed by atoms with van der Waals surface area (Å²) in [5, 5.41) is 7.15. The van der Waals surface area contributed by atoms with E-state index < -0.39 is 0 Å². The molecular weight excluding hydrogens is 206 g/mol. The number of hydrogen-bond donors (Lipinski definition) is 1. The molecule has 1 aromatic rings. The molecule has 0 aromatic carbocycles. The maximum absolute atomic E-state index is 5.73. The zero-order valence-electron chi connectivity index (χ0n) is 9.53. The third kappa shape index (κ3) is 2.25. The van der Waals surface area contributed by atoms with Crippen LogP contribution in [0.15, 0.2) is 4.52 Å². The Bertz CT molecular complexity index is 369. The molecule has 5 heteroatoms. The van der Waals surface area contributed by atoms with Gasteiger partial charge in [0.05, 0.1) is 5.60 Å². The molecule has 0 spiro atoms. The lowest BCUT2D eigenvalue weighted by Gasteiger charge is -2.38. The average molecular weight is 223 g/mol. The fourth-order valence-electron chi connectivity index (χ4n) is 1.83. The molecular formula is C11H17N3O2. The van der Waals surface area contributed by atoms with Crippen molar-refractivity contribution in [3.05, 3.63) is 11.7 Å². The van der Waals surface area contributed by atoms with Crippen LogP contribution in [0.1, 0.15) is 31.5 Å². The van der Waals surface area contributed by atoms with E-state index in [1.54, 1.807) is 0 Å². The minimum Gasteiger partial charge on any atom is -0.363 e. The number of nitrogens with one attached hydrogen (secondary N) is 1. The van der Waals surface area contributed by atoms with Gasteiger partial charge in [-0.2, -0.15) is 4.98 Å². The summed E-state index contributed by atoms with van der Waals surface area (Å²) in [7, 11) is 0. The second kappa shape index (κ2) is 3.82. The van der Waals surface area contributed by atoms with Crippen LogP contribution in [0.2, 0.25) is 0 Å². The van der Waals surface area contributed by atoms with Crippen LogP contribution in [0.4, 0.5) is 0 Å². The standard InChI is InChI=1S/C11H17N3O2/c1-11(6-12-7-11)15-5-10-13-9(14-16-10)4-8-2-3-8/h8,12H,2-7H2,1H3. The summed E-state index contributed by atoms with van der Waals surface area (Å²) in [6.45, 7) is 4.31. The Kier molecular flexibility index (Phi) is 2.44. The van der Waals surface area contributed by atoms with E-state index >= 15 is 0 Å². The summed E-state index contributed by atoms with van der Waals surface area (Å²) in [4.78, 5) is 4.33. The van der Waals surface area contributed by atoms with Crippen LogP contribution in [0.3, 0.4) is 0 Å². The van der Waals surface area contributed by atoms with Crippen molar-refractivity contribution in [2.24, 2.45) is 5.92 Å². The summed E-state index contributed by atoms with van der Waals surface area (Å²) in [5.41, 5.74) is -0.0505. The fraction of sp³-hybridized carbons (Fsp3) is 0.818. The van der Waals surface area contributed by atoms with E-state index in [1.807, 2.05) is 0 Å². The first kappa shape index (κ1) is 10.2. The van der Waals surface area contributed by atoms with E-state index in [2.05, 4.69) is 22.4 Å². The lowest BCUT2D eigenvalue weighted by Crippen LogP contribution is -2.58. The van der Waals surface area contributed by atoms with Crippen LogP contribution in [0, 0.1) is 5.92 Å². The van der Waals surface area contributed by atoms with E-state index in [4.69, 9.17) is 9.26 Å². The SMILES string of the molecule is CC1(OCc2nc(CC3CC3)no2)CNC1. The van der Waals surface area contributed by atoms with Crippen molar-refractivity contribution in [2.45, 2.75) is 38.4 Å². The van der Waals surface area contributed by atoms with Crippen molar-refractivity contribution in [1.82, 2.24) is 15.5 Å². The number of ether oxygens (including phenoxy) is 1. The Labute approximate surface area is 94.6 Å². The minimum absolute atomic E-state index is 0.0505. The predicted molar refractivity (Wildman–Crippen MR) is 56.8 cm³/mol. The van der Waals surface area contributed by atoms with E-state index in [-0.39, 0.29) is 5.60 Å². The van der Waals surface area contributed by atoms with Crippen LogP contribution >= 0.6 is 0 Å². The molecule has 1 aliphatic heterocycles. The Balaban J connectivity index is 1.51. The van der Waals surface area contributed by atoms with Gasteiger partial charge in [0.2, 0.25) is 0 Å². The molecule has 5 nitrogen and oxygen atoms in total. The molecule has 0 radical (unpaired) electrons. The van der Waals surface area contributed by atoms with E-state index in [0.717, 1.165) is 31.3 Å². The highest BCUT2D eigenvalue weighted by Gasteiger charge is 2.33. The summed E-state index contributed by atoms with van der Waals surface area (Å²) in [5.74, 6) is 2.22. The van der Waals surface area contributed by atoms with Crippen molar-refractivity contribution in [1.29, 1.82) is 0 Å². The maximum Gasteiger partial charge on any atom is 0.252 e. The lowest BCUT2D eigenvalue weighted by molar-refractivity contribution is -0.0841. The van der Waals surface area contributed by atoms with Gasteiger partial charge in [-0.25, -0.2) is 0 Å². The summed E-state index contributed by atoms with van der Waals surface area (Å²) in [6.07, 6.45) is 3.58. The molecule has 1 aliphatic carbocycles. The van der Waals surface area contributed by atoms with Gasteiger partial charge in [0.25, 0.3) is 5.89 Å². The van der Waals surface area contributed by atoms with Crippen LogP contribution in [0.25, 0.3) is 0 Å². The number of aromatic nitrogens is 2. The van der Waals surface area contributed by atoms with Gasteiger partial charge >= 0.3 is 0 Å². The summed E-state index contributed by atoms with van der Waals surface area (Å²) >= 11 is 0. The number of nitrogens with zero attached hydrogens (tertiary/aromatic N) is 2. The molecule has 1 saturated heterocycles. The Hall–Kier alpha value is -0.940. The van der Waals surface area contributed by atoms with Gasteiger partial charge in [-0.3, -0.25) is 0 Å². The van der Waals surface area contributed by atoms with Crippen molar-refractivity contribution in [3.8, 4) is 0 Å². The molecule has 88 valence electrons. The maximum atomic E-state index is 5.73. The molecule has 16 heavy (non-hydrogen) atoms. The van der Waals surface area contributed by atoms with Crippen molar-refractivity contribution >= 4 is 0 Å². The first-order chi connectivity index (χ1) is 7.73. The molecule has 1 saturated carbocycles. The molecule has 3 rings (SSSR count). The van der Waals surface area contributed by atoms with E-state index in [1.165, 1.54) is 12.8 Å². The zero-order chi connectivity index (χ0) is 11.0. The molecule has 1 N–H and O–H groups in total. The minimum atomic E-state index is -0.0505. The van der Waals surface area contributed by atoms with Crippen molar-refractivity contribution in [3.63, 3.8) is 0 Å². The highest BCUT2D eigenvalue weighted by molar-refractivity contribution is 4.93. The Morgan fingerprint density at radius 1 is 1.50 bits per heavy atom. The average Bonchev–Trinajstić information content (AvgIpc) is 2.91. The topological polar surface area (TPSA) is 60.2 Å². The molecule has 0 atom stereocenters. The van der Waals surface area contributed by atoms with Crippen molar-refractivity contribution in [2.75, 3.05) is 13.1 Å². The molecule has 2 aliphatic rings. The molecule has 2 heterocycles. The van der Waals surface area contributed by atoms with Crippen molar-refractivity contribution < 1.29 is 9.26 Å². The normalized spacial score (nSPS) is 23.1. The molecule has 1 aromatic heterocycles. The first-order valence-electron chi connectivity index (χ1n) is 5.90. The largest absolute Gasteiger partial charge is 0.363 e. The third-order valence-corrected chi connectivity index (χ3v) is 3.22. The third-order valence-electron chi connectivity index (χ3n) is 3.22. The predicted octanol–water partition coefficient (Wildman–Crippen LogP) is 0.901. The van der Waals surface area contributed by atoms with Gasteiger partial charge in [-0.1, -0.05) is 5.16 Å². The first-order valence-corrected chi connectivity index (χ1v) is 5.90. The van der Waals surface area contributed by atoms with E-state index in [9.17, 15) is 0 Å². The lowest BCUT2D eigenvalue weighted by atomic mass is 10.0. The van der Waals surface area contributed by atoms with Gasteiger partial charge in [0.15, 0.2) is 5.82 Å². The highest BCUT2D eigenvalue weighted by atomic mass is 16.5. The zero-order valence-corrected chi connectivity index (χ0v) is 9.53. The van der Waals surface area contributed by atoms with Gasteiger partial charge < -0.3 is 14.6 Å². The van der Waals surface area contributed by atoms with Crippen LogP contribution < -0.4 is 5.32 Å². The van der Waals surface area contributed by atoms with E-state index in [0.29, 0.717) is 12.5 Å². The van der Waals surface area contributed by atoms with Gasteiger partial charge in [0.1, 0.15) is 6.61 Å². The fourth-order valence-corrected chi connectivity index (χ4v) is 1.83. The van der Waals surface area contributed by atoms with Crippen LogP contribution in [-0.2, 0) is 17.8 Å². The summed E-state index contributed by atoms with van der Waals surface area (Å²) < 4.78 is 10.9. The van der Waals surface area contributed by atoms with Gasteiger partial charge in [-0.15, -0.1) is 0 Å². The molecule has 0 unspecified atom stereocenters. The molecule has 2 fully saturated rings. The summed E-state index contributed by atoms with van der Waals surface area (Å²) in [6, 6.07) is 0. The number of rotatable bonds is 5. The van der Waals surface area contributed by atoms with Crippen LogP contribution in [0.5, 0.6) is 0 Å². The molecule has 0 bridgehead atoms. The highest BCUT2D eigenvalue weighted by Crippen LogP contribution is 2.31. The second-order valence-corrected chi connectivity index (χ2v) is 5.09. The molecule has 0 amide bonds. The van der Waals surface area contributed by atoms with Gasteiger partial charge in [-0.05, 0) is 25.7 Å².